The summed E-state index contributed by atoms with van der Waals surface area (Å²) < 4.78 is 0. The number of rotatable bonds is 11. The van der Waals surface area contributed by atoms with Crippen LogP contribution in [0.1, 0.15) is 86.5 Å². The molecule has 0 spiro atoms. The van der Waals surface area contributed by atoms with Crippen LogP contribution in [0.4, 0.5) is 0 Å². The number of carbonyl (C=O) groups is 2. The molecule has 0 N–H and O–H groups in total. The summed E-state index contributed by atoms with van der Waals surface area (Å²) in [6, 6.07) is 0. The van der Waals surface area contributed by atoms with E-state index in [1.807, 2.05) is 13.8 Å². The van der Waals surface area contributed by atoms with Gasteiger partial charge in [0.25, 0.3) is 0 Å². The molecule has 0 aromatic carbocycles. The van der Waals surface area contributed by atoms with Crippen LogP contribution in [0.15, 0.2) is 0 Å². The Labute approximate surface area is 125 Å². The van der Waals surface area contributed by atoms with E-state index in [1.165, 1.54) is 0 Å². The number of ketones is 2. The first-order valence-corrected chi connectivity index (χ1v) is 8.36. The number of hydrogen-bond acceptors (Lipinski definition) is 2. The molecule has 118 valence electrons. The Hall–Kier alpha value is -0.660. The largest absolute Gasteiger partial charge is 0.299 e. The van der Waals surface area contributed by atoms with E-state index in [2.05, 4.69) is 27.7 Å². The van der Waals surface area contributed by atoms with Gasteiger partial charge < -0.3 is 0 Å². The zero-order valence-electron chi connectivity index (χ0n) is 14.4. The van der Waals surface area contributed by atoms with Gasteiger partial charge in [-0.1, -0.05) is 41.5 Å². The molecule has 0 aliphatic heterocycles. The molecule has 0 fully saturated rings. The van der Waals surface area contributed by atoms with Gasteiger partial charge in [-0.2, -0.15) is 0 Å². The third kappa shape index (κ3) is 6.19. The molecule has 0 aliphatic carbocycles. The van der Waals surface area contributed by atoms with Crippen LogP contribution in [-0.4, -0.2) is 11.6 Å². The Bertz CT molecular complexity index is 307. The summed E-state index contributed by atoms with van der Waals surface area (Å²) in [6.07, 6.45) is 5.57. The Morgan fingerprint density at radius 3 is 1.95 bits per heavy atom. The summed E-state index contributed by atoms with van der Waals surface area (Å²) in [4.78, 5) is 24.7. The smallest absolute Gasteiger partial charge is 0.138 e. The van der Waals surface area contributed by atoms with E-state index in [0.717, 1.165) is 32.1 Å². The van der Waals surface area contributed by atoms with Crippen molar-refractivity contribution in [2.24, 2.45) is 17.3 Å². The highest BCUT2D eigenvalue weighted by atomic mass is 16.1. The monoisotopic (exact) mass is 282 g/mol. The van der Waals surface area contributed by atoms with Crippen molar-refractivity contribution >= 4 is 11.6 Å². The van der Waals surface area contributed by atoms with Crippen LogP contribution < -0.4 is 0 Å². The van der Waals surface area contributed by atoms with Crippen molar-refractivity contribution in [2.75, 3.05) is 0 Å². The molecular formula is C18H34O2. The van der Waals surface area contributed by atoms with E-state index in [4.69, 9.17) is 0 Å². The van der Waals surface area contributed by atoms with Gasteiger partial charge in [0.1, 0.15) is 11.6 Å². The Balaban J connectivity index is 4.98. The van der Waals surface area contributed by atoms with Crippen molar-refractivity contribution in [1.29, 1.82) is 0 Å². The van der Waals surface area contributed by atoms with Gasteiger partial charge in [0.2, 0.25) is 0 Å². The molecule has 0 radical (unpaired) electrons. The van der Waals surface area contributed by atoms with E-state index < -0.39 is 0 Å². The maximum absolute atomic E-state index is 12.4. The average molecular weight is 282 g/mol. The first-order chi connectivity index (χ1) is 9.30. The van der Waals surface area contributed by atoms with Gasteiger partial charge >= 0.3 is 0 Å². The van der Waals surface area contributed by atoms with Crippen LogP contribution in [0.2, 0.25) is 0 Å². The molecule has 0 heterocycles. The first kappa shape index (κ1) is 19.3. The second-order valence-corrected chi connectivity index (χ2v) is 6.83. The topological polar surface area (TPSA) is 34.1 Å². The second kappa shape index (κ2) is 9.31. The van der Waals surface area contributed by atoms with Gasteiger partial charge in [0.15, 0.2) is 0 Å². The van der Waals surface area contributed by atoms with Crippen LogP contribution in [0, 0.1) is 17.3 Å². The van der Waals surface area contributed by atoms with Gasteiger partial charge in [0.05, 0.1) is 0 Å². The van der Waals surface area contributed by atoms with E-state index in [1.54, 1.807) is 0 Å². The Morgan fingerprint density at radius 2 is 1.55 bits per heavy atom. The molecule has 0 saturated carbocycles. The SMILES string of the molecule is CCCC(=O)C(CC(C)C)CC(C)(CC)C(=O)CCC. The fraction of sp³-hybridized carbons (Fsp3) is 0.889. The van der Waals surface area contributed by atoms with Crippen molar-refractivity contribution in [3.63, 3.8) is 0 Å². The van der Waals surface area contributed by atoms with E-state index in [9.17, 15) is 9.59 Å². The number of Topliss-reactive ketones (excluding diaryl/α,β-unsaturated/α-hetero) is 2. The van der Waals surface area contributed by atoms with E-state index >= 15 is 0 Å². The van der Waals surface area contributed by atoms with Gasteiger partial charge in [-0.15, -0.1) is 0 Å². The lowest BCUT2D eigenvalue weighted by Gasteiger charge is -2.31. The van der Waals surface area contributed by atoms with E-state index in [0.29, 0.717) is 30.3 Å². The van der Waals surface area contributed by atoms with Crippen molar-refractivity contribution in [2.45, 2.75) is 86.5 Å². The Kier molecular flexibility index (Phi) is 9.00. The molecule has 2 atom stereocenters. The van der Waals surface area contributed by atoms with Crippen LogP contribution in [0.25, 0.3) is 0 Å². The first-order valence-electron chi connectivity index (χ1n) is 8.36. The van der Waals surface area contributed by atoms with E-state index in [-0.39, 0.29) is 11.3 Å². The lowest BCUT2D eigenvalue weighted by molar-refractivity contribution is -0.131. The van der Waals surface area contributed by atoms with Crippen LogP contribution in [-0.2, 0) is 9.59 Å². The highest BCUT2D eigenvalue weighted by Gasteiger charge is 2.35. The molecule has 2 heteroatoms. The highest BCUT2D eigenvalue weighted by molar-refractivity contribution is 5.86. The summed E-state index contributed by atoms with van der Waals surface area (Å²) in [5.74, 6) is 1.25. The van der Waals surface area contributed by atoms with Crippen LogP contribution in [0.5, 0.6) is 0 Å². The van der Waals surface area contributed by atoms with Gasteiger partial charge in [0, 0.05) is 24.2 Å². The standard InChI is InChI=1S/C18H34O2/c1-7-10-16(19)15(12-14(4)5)13-18(6,9-3)17(20)11-8-2/h14-15H,7-13H2,1-6H3. The zero-order valence-corrected chi connectivity index (χ0v) is 14.4. The predicted octanol–water partition coefficient (Wildman–Crippen LogP) is 5.19. The molecular weight excluding hydrogens is 248 g/mol. The number of hydrogen-bond donors (Lipinski definition) is 0. The maximum atomic E-state index is 12.4. The summed E-state index contributed by atoms with van der Waals surface area (Å²) >= 11 is 0. The van der Waals surface area contributed by atoms with Crippen LogP contribution >= 0.6 is 0 Å². The maximum Gasteiger partial charge on any atom is 0.138 e. The lowest BCUT2D eigenvalue weighted by atomic mass is 9.71. The summed E-state index contributed by atoms with van der Waals surface area (Å²) in [7, 11) is 0. The molecule has 20 heavy (non-hydrogen) atoms. The molecule has 2 nitrogen and oxygen atoms in total. The number of carbonyl (C=O) groups excluding carboxylic acids is 2. The minimum Gasteiger partial charge on any atom is -0.299 e. The van der Waals surface area contributed by atoms with Gasteiger partial charge in [-0.3, -0.25) is 9.59 Å². The predicted molar refractivity (Wildman–Crippen MR) is 85.8 cm³/mol. The summed E-state index contributed by atoms with van der Waals surface area (Å²) in [5.41, 5.74) is -0.320. The molecule has 0 aromatic rings. The minimum atomic E-state index is -0.320. The minimum absolute atomic E-state index is 0.0562. The van der Waals surface area contributed by atoms with Crippen molar-refractivity contribution in [3.05, 3.63) is 0 Å². The molecule has 0 aromatic heterocycles. The molecule has 2 unspecified atom stereocenters. The third-order valence-corrected chi connectivity index (χ3v) is 4.34. The lowest BCUT2D eigenvalue weighted by Crippen LogP contribution is -2.32. The summed E-state index contributed by atoms with van der Waals surface area (Å²) in [5, 5.41) is 0. The third-order valence-electron chi connectivity index (χ3n) is 4.34. The van der Waals surface area contributed by atoms with Gasteiger partial charge in [-0.25, -0.2) is 0 Å². The molecule has 0 saturated heterocycles. The molecule has 0 bridgehead atoms. The molecule has 0 amide bonds. The van der Waals surface area contributed by atoms with Gasteiger partial charge in [-0.05, 0) is 38.0 Å². The van der Waals surface area contributed by atoms with Crippen molar-refractivity contribution < 1.29 is 9.59 Å². The fourth-order valence-corrected chi connectivity index (χ4v) is 2.88. The molecule has 0 aliphatic rings. The summed E-state index contributed by atoms with van der Waals surface area (Å²) in [6.45, 7) is 12.5. The molecule has 0 rings (SSSR count). The normalized spacial score (nSPS) is 15.9. The zero-order chi connectivity index (χ0) is 15.8. The fourth-order valence-electron chi connectivity index (χ4n) is 2.88. The highest BCUT2D eigenvalue weighted by Crippen LogP contribution is 2.35. The Morgan fingerprint density at radius 1 is 1.00 bits per heavy atom. The average Bonchev–Trinajstić information content (AvgIpc) is 2.37. The van der Waals surface area contributed by atoms with Crippen LogP contribution in [0.3, 0.4) is 0 Å². The van der Waals surface area contributed by atoms with Crippen molar-refractivity contribution in [1.82, 2.24) is 0 Å². The quantitative estimate of drug-likeness (QED) is 0.522. The second-order valence-electron chi connectivity index (χ2n) is 6.83. The van der Waals surface area contributed by atoms with Crippen molar-refractivity contribution in [3.8, 4) is 0 Å².